The van der Waals surface area contributed by atoms with Crippen molar-refractivity contribution in [3.63, 3.8) is 0 Å². The molecule has 6 nitrogen and oxygen atoms in total. The van der Waals surface area contributed by atoms with Gasteiger partial charge in [0.1, 0.15) is 12.2 Å². The molecule has 2 heterocycles. The summed E-state index contributed by atoms with van der Waals surface area (Å²) < 4.78 is 21.7. The first kappa shape index (κ1) is 14.5. The van der Waals surface area contributed by atoms with E-state index in [1.165, 1.54) is 7.11 Å². The van der Waals surface area contributed by atoms with Crippen LogP contribution in [0.1, 0.15) is 18.3 Å². The maximum atomic E-state index is 11.5. The van der Waals surface area contributed by atoms with Crippen LogP contribution in [0.5, 0.6) is 0 Å². The van der Waals surface area contributed by atoms with Gasteiger partial charge in [-0.3, -0.25) is 0 Å². The van der Waals surface area contributed by atoms with Crippen molar-refractivity contribution < 1.29 is 28.8 Å². The Kier molecular flexibility index (Phi) is 4.21. The number of aliphatic hydroxyl groups excluding tert-OH is 1. The zero-order valence-corrected chi connectivity index (χ0v) is 11.7. The van der Waals surface area contributed by atoms with Gasteiger partial charge in [-0.15, -0.1) is 0 Å². The van der Waals surface area contributed by atoms with Crippen molar-refractivity contribution in [1.82, 2.24) is 0 Å². The second-order valence-corrected chi connectivity index (χ2v) is 5.17. The highest BCUT2D eigenvalue weighted by Gasteiger charge is 2.45. The highest BCUT2D eigenvalue weighted by atomic mass is 16.7. The van der Waals surface area contributed by atoms with Crippen LogP contribution in [0.15, 0.2) is 30.3 Å². The molecule has 2 aliphatic rings. The van der Waals surface area contributed by atoms with Crippen LogP contribution in [0, 0.1) is 0 Å². The fraction of sp³-hybridized carbons (Fsp3) is 0.533. The number of carbonyl (C=O) groups excluding carboxylic acids is 1. The normalized spacial score (nSPS) is 35.8. The van der Waals surface area contributed by atoms with Crippen molar-refractivity contribution in [2.75, 3.05) is 13.7 Å². The molecule has 21 heavy (non-hydrogen) atoms. The van der Waals surface area contributed by atoms with E-state index in [0.29, 0.717) is 0 Å². The Balaban J connectivity index is 1.69. The van der Waals surface area contributed by atoms with Crippen molar-refractivity contribution in [3.8, 4) is 0 Å². The molecule has 0 aromatic heterocycles. The molecule has 1 aromatic carbocycles. The van der Waals surface area contributed by atoms with Gasteiger partial charge in [-0.05, 0) is 0 Å². The molecule has 0 bridgehead atoms. The fourth-order valence-corrected chi connectivity index (χ4v) is 2.69. The van der Waals surface area contributed by atoms with E-state index in [1.54, 1.807) is 0 Å². The first-order chi connectivity index (χ1) is 10.2. The molecule has 2 aliphatic heterocycles. The van der Waals surface area contributed by atoms with Crippen LogP contribution in [-0.4, -0.2) is 49.2 Å². The van der Waals surface area contributed by atoms with E-state index in [2.05, 4.69) is 4.74 Å². The zero-order chi connectivity index (χ0) is 14.8. The lowest BCUT2D eigenvalue weighted by molar-refractivity contribution is -0.308. The van der Waals surface area contributed by atoms with E-state index in [4.69, 9.17) is 14.2 Å². The van der Waals surface area contributed by atoms with Gasteiger partial charge in [0.15, 0.2) is 12.4 Å². The number of esters is 1. The van der Waals surface area contributed by atoms with Gasteiger partial charge in [-0.2, -0.15) is 0 Å². The van der Waals surface area contributed by atoms with Gasteiger partial charge in [-0.1, -0.05) is 30.3 Å². The molecule has 1 N–H and O–H groups in total. The highest BCUT2D eigenvalue weighted by molar-refractivity contribution is 5.74. The van der Waals surface area contributed by atoms with Gasteiger partial charge in [-0.25, -0.2) is 4.79 Å². The second kappa shape index (κ2) is 6.11. The molecule has 6 heteroatoms. The smallest absolute Gasteiger partial charge is 0.335 e. The highest BCUT2D eigenvalue weighted by Crippen LogP contribution is 2.33. The molecule has 0 aliphatic carbocycles. The summed E-state index contributed by atoms with van der Waals surface area (Å²) in [4.78, 5) is 11.5. The molecule has 0 amide bonds. The zero-order valence-electron chi connectivity index (χ0n) is 11.7. The molecular formula is C15H18O6. The van der Waals surface area contributed by atoms with E-state index < -0.39 is 36.7 Å². The Morgan fingerprint density at radius 2 is 2.05 bits per heavy atom. The Morgan fingerprint density at radius 1 is 1.29 bits per heavy atom. The first-order valence-electron chi connectivity index (χ1n) is 6.92. The van der Waals surface area contributed by atoms with Crippen LogP contribution in [0.4, 0.5) is 0 Å². The maximum absolute atomic E-state index is 11.5. The van der Waals surface area contributed by atoms with Crippen molar-refractivity contribution in [3.05, 3.63) is 35.9 Å². The summed E-state index contributed by atoms with van der Waals surface area (Å²) in [6, 6.07) is 9.51. The molecule has 2 fully saturated rings. The van der Waals surface area contributed by atoms with E-state index in [0.717, 1.165) is 5.56 Å². The van der Waals surface area contributed by atoms with Crippen LogP contribution < -0.4 is 0 Å². The summed E-state index contributed by atoms with van der Waals surface area (Å²) in [5.74, 6) is -0.488. The summed E-state index contributed by atoms with van der Waals surface area (Å²) in [5.41, 5.74) is 0.887. The van der Waals surface area contributed by atoms with E-state index in [9.17, 15) is 9.90 Å². The predicted octanol–water partition coefficient (Wildman–Crippen LogP) is 0.792. The number of aliphatic hydroxyl groups is 1. The van der Waals surface area contributed by atoms with E-state index in [-0.39, 0.29) is 13.0 Å². The van der Waals surface area contributed by atoms with Crippen LogP contribution in [0.25, 0.3) is 0 Å². The molecule has 0 unspecified atom stereocenters. The maximum Gasteiger partial charge on any atom is 0.335 e. The third-order valence-corrected chi connectivity index (χ3v) is 3.77. The summed E-state index contributed by atoms with van der Waals surface area (Å²) in [7, 11) is 1.30. The largest absolute Gasteiger partial charge is 0.467 e. The minimum Gasteiger partial charge on any atom is -0.467 e. The van der Waals surface area contributed by atoms with E-state index in [1.807, 2.05) is 30.3 Å². The van der Waals surface area contributed by atoms with Gasteiger partial charge in [0.05, 0.1) is 19.8 Å². The number of benzene rings is 1. The fourth-order valence-electron chi connectivity index (χ4n) is 2.69. The van der Waals surface area contributed by atoms with Crippen LogP contribution in [0.3, 0.4) is 0 Å². The number of methoxy groups -OCH3 is 1. The Bertz CT molecular complexity index is 490. The lowest BCUT2D eigenvalue weighted by atomic mass is 9.97. The van der Waals surface area contributed by atoms with Gasteiger partial charge >= 0.3 is 5.97 Å². The summed E-state index contributed by atoms with van der Waals surface area (Å²) in [6.45, 7) is 0.259. The minimum atomic E-state index is -0.789. The lowest BCUT2D eigenvalue weighted by Crippen LogP contribution is -2.56. The summed E-state index contributed by atoms with van der Waals surface area (Å²) in [6.07, 6.45) is -2.91. The number of hydrogen-bond donors (Lipinski definition) is 1. The van der Waals surface area contributed by atoms with Gasteiger partial charge in [0.25, 0.3) is 0 Å². The molecule has 0 saturated carbocycles. The van der Waals surface area contributed by atoms with Gasteiger partial charge < -0.3 is 24.1 Å². The lowest BCUT2D eigenvalue weighted by Gasteiger charge is -2.43. The predicted molar refractivity (Wildman–Crippen MR) is 71.3 cm³/mol. The molecule has 3 rings (SSSR count). The Morgan fingerprint density at radius 3 is 2.76 bits per heavy atom. The van der Waals surface area contributed by atoms with Crippen molar-refractivity contribution in [2.24, 2.45) is 0 Å². The molecule has 1 aromatic rings. The molecule has 0 spiro atoms. The average Bonchev–Trinajstić information content (AvgIpc) is 2.54. The third kappa shape index (κ3) is 2.94. The van der Waals surface area contributed by atoms with Crippen molar-refractivity contribution in [1.29, 1.82) is 0 Å². The number of rotatable bonds is 2. The topological polar surface area (TPSA) is 74.2 Å². The molecular weight excluding hydrogens is 276 g/mol. The molecule has 5 atom stereocenters. The quantitative estimate of drug-likeness (QED) is 0.813. The van der Waals surface area contributed by atoms with Crippen LogP contribution >= 0.6 is 0 Å². The number of hydrogen-bond acceptors (Lipinski definition) is 6. The second-order valence-electron chi connectivity index (χ2n) is 5.17. The average molecular weight is 294 g/mol. The minimum absolute atomic E-state index is 0.162. The van der Waals surface area contributed by atoms with Crippen molar-refractivity contribution in [2.45, 2.75) is 37.1 Å². The number of ether oxygens (including phenoxy) is 4. The SMILES string of the molecule is COC(=O)[C@H]1C[C@@H](O)[C@H]2O[C@@H](c3ccccc3)OC[C@H]2O1. The Labute approximate surface area is 122 Å². The number of carbonyl (C=O) groups is 1. The first-order valence-corrected chi connectivity index (χ1v) is 6.92. The summed E-state index contributed by atoms with van der Waals surface area (Å²) >= 11 is 0. The third-order valence-electron chi connectivity index (χ3n) is 3.77. The summed E-state index contributed by atoms with van der Waals surface area (Å²) in [5, 5.41) is 10.2. The standard InChI is InChI=1S/C15H18O6/c1-18-14(17)11-7-10(16)13-12(20-11)8-19-15(21-13)9-5-3-2-4-6-9/h2-6,10-13,15-16H,7-8H2,1H3/t10-,11-,12-,13-,15+/m1/s1. The van der Waals surface area contributed by atoms with Gasteiger partial charge in [0, 0.05) is 12.0 Å². The van der Waals surface area contributed by atoms with Gasteiger partial charge in [0.2, 0.25) is 0 Å². The Hall–Kier alpha value is -1.47. The van der Waals surface area contributed by atoms with E-state index >= 15 is 0 Å². The van der Waals surface area contributed by atoms with Crippen LogP contribution in [0.2, 0.25) is 0 Å². The van der Waals surface area contributed by atoms with Crippen LogP contribution in [-0.2, 0) is 23.7 Å². The molecule has 2 saturated heterocycles. The monoisotopic (exact) mass is 294 g/mol. The molecule has 114 valence electrons. The van der Waals surface area contributed by atoms with Crippen molar-refractivity contribution >= 4 is 5.97 Å². The molecule has 0 radical (unpaired) electrons. The number of fused-ring (bicyclic) bond motifs is 1.